The number of nitrogens with one attached hydrogen (secondary N) is 2. The molecule has 1 atom stereocenters. The van der Waals surface area contributed by atoms with Crippen LogP contribution in [-0.4, -0.2) is 47.3 Å². The molecule has 4 rings (SSSR count). The highest BCUT2D eigenvalue weighted by Gasteiger charge is 2.20. The van der Waals surface area contributed by atoms with E-state index in [9.17, 15) is 4.79 Å². The van der Waals surface area contributed by atoms with Crippen molar-refractivity contribution >= 4 is 35.0 Å². The lowest BCUT2D eigenvalue weighted by Crippen LogP contribution is -2.38. The van der Waals surface area contributed by atoms with Crippen molar-refractivity contribution in [1.82, 2.24) is 20.4 Å². The number of nitrogens with zero attached hydrogens (tertiary/aromatic N) is 4. The first-order valence-electron chi connectivity index (χ1n) is 9.96. The van der Waals surface area contributed by atoms with E-state index in [0.29, 0.717) is 54.5 Å². The third-order valence-electron chi connectivity index (χ3n) is 4.80. The molecule has 0 bridgehead atoms. The minimum absolute atomic E-state index is 0.228. The first kappa shape index (κ1) is 21.1. The van der Waals surface area contributed by atoms with Crippen LogP contribution in [0.4, 0.5) is 17.5 Å². The zero-order valence-electron chi connectivity index (χ0n) is 17.3. The van der Waals surface area contributed by atoms with Gasteiger partial charge in [0.25, 0.3) is 5.91 Å². The molecule has 0 aliphatic carbocycles. The van der Waals surface area contributed by atoms with E-state index < -0.39 is 0 Å². The Balaban J connectivity index is 1.59. The highest BCUT2D eigenvalue weighted by molar-refractivity contribution is 6.30. The van der Waals surface area contributed by atoms with Crippen LogP contribution < -0.4 is 15.5 Å². The number of carbonyl (C=O) groups is 1. The van der Waals surface area contributed by atoms with E-state index >= 15 is 0 Å². The van der Waals surface area contributed by atoms with Crippen LogP contribution in [0.15, 0.2) is 40.9 Å². The van der Waals surface area contributed by atoms with E-state index in [1.165, 1.54) is 0 Å². The predicted octanol–water partition coefficient (Wildman–Crippen LogP) is 3.50. The predicted molar refractivity (Wildman–Crippen MR) is 117 cm³/mol. The number of aromatic nitrogens is 3. The Morgan fingerprint density at radius 1 is 1.16 bits per heavy atom. The molecule has 1 aliphatic heterocycles. The number of halogens is 1. The van der Waals surface area contributed by atoms with Crippen LogP contribution in [0.3, 0.4) is 0 Å². The van der Waals surface area contributed by atoms with E-state index in [1.54, 1.807) is 25.1 Å². The average molecular weight is 443 g/mol. The summed E-state index contributed by atoms with van der Waals surface area (Å²) in [5.74, 6) is 1.44. The number of rotatable bonds is 6. The standard InChI is InChI=1S/C21H23ClN6O3/c1-13-11-18(27-31-13)20(29)23-14(2)17-12-19(24-16-5-3-15(22)4-6-16)26-21(25-17)28-7-9-30-10-8-28/h3-6,11-12,14H,7-10H2,1-2H3,(H,23,29)(H,24,25,26)/t14-/m0/s1. The third-order valence-corrected chi connectivity index (χ3v) is 5.05. The molecule has 1 amide bonds. The summed E-state index contributed by atoms with van der Waals surface area (Å²) in [7, 11) is 0. The van der Waals surface area contributed by atoms with E-state index in [4.69, 9.17) is 25.8 Å². The highest BCUT2D eigenvalue weighted by Crippen LogP contribution is 2.23. The van der Waals surface area contributed by atoms with Crippen molar-refractivity contribution in [2.45, 2.75) is 19.9 Å². The average Bonchev–Trinajstić information content (AvgIpc) is 3.22. The Morgan fingerprint density at radius 3 is 2.58 bits per heavy atom. The van der Waals surface area contributed by atoms with Gasteiger partial charge in [0, 0.05) is 35.9 Å². The molecular formula is C21H23ClN6O3. The first-order valence-corrected chi connectivity index (χ1v) is 10.3. The van der Waals surface area contributed by atoms with Gasteiger partial charge in [-0.05, 0) is 38.1 Å². The van der Waals surface area contributed by atoms with Gasteiger partial charge in [-0.1, -0.05) is 16.8 Å². The van der Waals surface area contributed by atoms with Gasteiger partial charge < -0.3 is 24.8 Å². The Hall–Kier alpha value is -3.17. The molecule has 10 heteroatoms. The lowest BCUT2D eigenvalue weighted by atomic mass is 10.2. The molecule has 3 aromatic rings. The van der Waals surface area contributed by atoms with Crippen LogP contribution >= 0.6 is 11.6 Å². The Labute approximate surface area is 184 Å². The van der Waals surface area contributed by atoms with Crippen molar-refractivity contribution in [2.75, 3.05) is 36.5 Å². The number of aryl methyl sites for hydroxylation is 1. The first-order chi connectivity index (χ1) is 15.0. The molecule has 162 valence electrons. The van der Waals surface area contributed by atoms with Crippen LogP contribution in [0.2, 0.25) is 5.02 Å². The lowest BCUT2D eigenvalue weighted by molar-refractivity contribution is 0.0930. The van der Waals surface area contributed by atoms with Crippen molar-refractivity contribution < 1.29 is 14.1 Å². The second-order valence-electron chi connectivity index (χ2n) is 7.23. The van der Waals surface area contributed by atoms with Crippen molar-refractivity contribution in [3.63, 3.8) is 0 Å². The molecule has 0 radical (unpaired) electrons. The molecule has 1 aliphatic rings. The Bertz CT molecular complexity index is 1050. The number of hydrogen-bond donors (Lipinski definition) is 2. The second-order valence-corrected chi connectivity index (χ2v) is 7.66. The van der Waals surface area contributed by atoms with Crippen LogP contribution in [0.1, 0.15) is 34.9 Å². The van der Waals surface area contributed by atoms with Crippen LogP contribution in [0, 0.1) is 6.92 Å². The number of ether oxygens (including phenoxy) is 1. The number of hydrogen-bond acceptors (Lipinski definition) is 8. The Kier molecular flexibility index (Phi) is 6.34. The molecule has 9 nitrogen and oxygen atoms in total. The number of carbonyl (C=O) groups excluding carboxylic acids is 1. The fraction of sp³-hybridized carbons (Fsp3) is 0.333. The number of anilines is 3. The zero-order chi connectivity index (χ0) is 21.8. The summed E-state index contributed by atoms with van der Waals surface area (Å²) in [6.07, 6.45) is 0. The maximum absolute atomic E-state index is 12.5. The molecule has 0 unspecified atom stereocenters. The molecule has 3 heterocycles. The van der Waals surface area contributed by atoms with Crippen molar-refractivity contribution in [2.24, 2.45) is 0 Å². The molecule has 0 spiro atoms. The van der Waals surface area contributed by atoms with Gasteiger partial charge >= 0.3 is 0 Å². The van der Waals surface area contributed by atoms with Gasteiger partial charge in [-0.15, -0.1) is 0 Å². The summed E-state index contributed by atoms with van der Waals surface area (Å²) in [6.45, 7) is 6.23. The fourth-order valence-corrected chi connectivity index (χ4v) is 3.27. The monoisotopic (exact) mass is 442 g/mol. The third kappa shape index (κ3) is 5.31. The van der Waals surface area contributed by atoms with Crippen molar-refractivity contribution in [1.29, 1.82) is 0 Å². The molecular weight excluding hydrogens is 420 g/mol. The number of benzene rings is 1. The summed E-state index contributed by atoms with van der Waals surface area (Å²) < 4.78 is 10.4. The largest absolute Gasteiger partial charge is 0.378 e. The van der Waals surface area contributed by atoms with E-state index in [1.807, 2.05) is 25.1 Å². The minimum Gasteiger partial charge on any atom is -0.378 e. The number of morpholine rings is 1. The van der Waals surface area contributed by atoms with Crippen molar-refractivity contribution in [3.05, 3.63) is 58.6 Å². The fourth-order valence-electron chi connectivity index (χ4n) is 3.14. The van der Waals surface area contributed by atoms with Gasteiger partial charge in [-0.3, -0.25) is 4.79 Å². The quantitative estimate of drug-likeness (QED) is 0.597. The summed E-state index contributed by atoms with van der Waals surface area (Å²) in [5.41, 5.74) is 1.74. The van der Waals surface area contributed by atoms with Gasteiger partial charge in [-0.2, -0.15) is 4.98 Å². The Morgan fingerprint density at radius 2 is 1.90 bits per heavy atom. The van der Waals surface area contributed by atoms with Gasteiger partial charge in [0.15, 0.2) is 5.69 Å². The molecule has 2 N–H and O–H groups in total. The SMILES string of the molecule is Cc1cc(C(=O)N[C@@H](C)c2cc(Nc3ccc(Cl)cc3)nc(N3CCOCC3)n2)no1. The minimum atomic E-state index is -0.377. The maximum Gasteiger partial charge on any atom is 0.273 e. The van der Waals surface area contributed by atoms with Gasteiger partial charge in [-0.25, -0.2) is 4.98 Å². The summed E-state index contributed by atoms with van der Waals surface area (Å²) in [4.78, 5) is 23.9. The van der Waals surface area contributed by atoms with Crippen LogP contribution in [-0.2, 0) is 4.74 Å². The molecule has 1 fully saturated rings. The molecule has 31 heavy (non-hydrogen) atoms. The molecule has 1 aromatic carbocycles. The summed E-state index contributed by atoms with van der Waals surface area (Å²) >= 11 is 5.98. The number of amides is 1. The molecule has 0 saturated carbocycles. The zero-order valence-corrected chi connectivity index (χ0v) is 18.0. The molecule has 2 aromatic heterocycles. The summed E-state index contributed by atoms with van der Waals surface area (Å²) in [5, 5.41) is 10.6. The second kappa shape index (κ2) is 9.32. The van der Waals surface area contributed by atoms with Crippen LogP contribution in [0.5, 0.6) is 0 Å². The van der Waals surface area contributed by atoms with Crippen LogP contribution in [0.25, 0.3) is 0 Å². The van der Waals surface area contributed by atoms with E-state index in [2.05, 4.69) is 25.7 Å². The van der Waals surface area contributed by atoms with E-state index in [-0.39, 0.29) is 17.6 Å². The maximum atomic E-state index is 12.5. The van der Waals surface area contributed by atoms with Crippen molar-refractivity contribution in [3.8, 4) is 0 Å². The highest BCUT2D eigenvalue weighted by atomic mass is 35.5. The summed E-state index contributed by atoms with van der Waals surface area (Å²) in [6, 6.07) is 10.4. The van der Waals surface area contributed by atoms with Gasteiger partial charge in [0.05, 0.1) is 24.9 Å². The van der Waals surface area contributed by atoms with Gasteiger partial charge in [0.2, 0.25) is 5.95 Å². The smallest absolute Gasteiger partial charge is 0.273 e. The topological polar surface area (TPSA) is 105 Å². The normalized spacial score (nSPS) is 14.9. The molecule has 1 saturated heterocycles. The van der Waals surface area contributed by atoms with Gasteiger partial charge in [0.1, 0.15) is 11.6 Å². The lowest BCUT2D eigenvalue weighted by Gasteiger charge is -2.28. The van der Waals surface area contributed by atoms with E-state index in [0.717, 1.165) is 5.69 Å².